The molecule has 1 amide bonds. The fourth-order valence-electron chi connectivity index (χ4n) is 4.63. The van der Waals surface area contributed by atoms with E-state index in [1.165, 1.54) is 11.0 Å². The van der Waals surface area contributed by atoms with Crippen molar-refractivity contribution in [1.29, 1.82) is 10.8 Å². The number of alkyl halides is 1. The fourth-order valence-corrected chi connectivity index (χ4v) is 4.63. The Hall–Kier alpha value is -2.68. The highest BCUT2D eigenvalue weighted by Gasteiger charge is 2.35. The van der Waals surface area contributed by atoms with Crippen molar-refractivity contribution in [2.75, 3.05) is 26.3 Å². The van der Waals surface area contributed by atoms with E-state index in [2.05, 4.69) is 24.1 Å². The van der Waals surface area contributed by atoms with E-state index < -0.39 is 18.4 Å². The molecule has 5 N–H and O–H groups in total. The number of carbonyl (C=O) groups excluding carboxylic acids is 1. The van der Waals surface area contributed by atoms with Crippen molar-refractivity contribution in [2.45, 2.75) is 71.4 Å². The molecule has 9 heteroatoms. The second-order valence-electron chi connectivity index (χ2n) is 8.78. The van der Waals surface area contributed by atoms with Crippen LogP contribution >= 0.6 is 0 Å². The van der Waals surface area contributed by atoms with Crippen molar-refractivity contribution >= 4 is 17.6 Å². The summed E-state index contributed by atoms with van der Waals surface area (Å²) in [6, 6.07) is 2.88. The molecular weight excluding hydrogens is 425 g/mol. The molecule has 1 aromatic carbocycles. The lowest BCUT2D eigenvalue weighted by molar-refractivity contribution is -0.115. The Kier molecular flexibility index (Phi) is 9.64. The molecule has 1 saturated carbocycles. The number of halogens is 1. The molecule has 0 radical (unpaired) electrons. The maximum atomic E-state index is 12.6. The van der Waals surface area contributed by atoms with Crippen LogP contribution in [0.1, 0.15) is 70.4 Å². The first kappa shape index (κ1) is 26.6. The van der Waals surface area contributed by atoms with Gasteiger partial charge in [-0.25, -0.2) is 4.39 Å². The molecule has 1 aliphatic rings. The summed E-state index contributed by atoms with van der Waals surface area (Å²) >= 11 is 0. The van der Waals surface area contributed by atoms with Gasteiger partial charge >= 0.3 is 0 Å². The van der Waals surface area contributed by atoms with Crippen LogP contribution in [0.25, 0.3) is 0 Å². The summed E-state index contributed by atoms with van der Waals surface area (Å²) in [7, 11) is 0. The Morgan fingerprint density at radius 3 is 2.18 bits per heavy atom. The van der Waals surface area contributed by atoms with Gasteiger partial charge < -0.3 is 25.3 Å². The highest BCUT2D eigenvalue weighted by molar-refractivity contribution is 6.40. The third-order valence-corrected chi connectivity index (χ3v) is 6.46. The number of hydrogen-bond acceptors (Lipinski definition) is 6. The molecule has 33 heavy (non-hydrogen) atoms. The summed E-state index contributed by atoms with van der Waals surface area (Å²) in [6.45, 7) is 8.97. The lowest BCUT2D eigenvalue weighted by atomic mass is 9.88. The van der Waals surface area contributed by atoms with E-state index in [-0.39, 0.29) is 41.4 Å². The zero-order chi connectivity index (χ0) is 24.7. The van der Waals surface area contributed by atoms with E-state index in [9.17, 15) is 19.4 Å². The topological polar surface area (TPSA) is 124 Å². The number of phenols is 2. The molecule has 0 spiro atoms. The van der Waals surface area contributed by atoms with Crippen LogP contribution in [0.5, 0.6) is 11.5 Å². The minimum absolute atomic E-state index is 0.0533. The zero-order valence-corrected chi connectivity index (χ0v) is 20.1. The Morgan fingerprint density at radius 2 is 1.67 bits per heavy atom. The fraction of sp³-hybridized carbons (Fsp3) is 0.625. The van der Waals surface area contributed by atoms with Gasteiger partial charge in [0, 0.05) is 24.7 Å². The predicted molar refractivity (Wildman–Crippen MR) is 128 cm³/mol. The minimum atomic E-state index is -0.759. The maximum absolute atomic E-state index is 12.6. The summed E-state index contributed by atoms with van der Waals surface area (Å²) < 4.78 is 12.6. The number of phenolic OH excluding ortho intramolecular Hbond substituents is 2. The number of nitrogens with one attached hydrogen (secondary N) is 3. The first-order chi connectivity index (χ1) is 15.7. The summed E-state index contributed by atoms with van der Waals surface area (Å²) in [4.78, 5) is 16.3. The summed E-state index contributed by atoms with van der Waals surface area (Å²) in [6.07, 6.45) is 3.10. The van der Waals surface area contributed by atoms with Gasteiger partial charge in [-0.15, -0.1) is 0 Å². The molecule has 1 fully saturated rings. The number of amides is 1. The number of rotatable bonds is 8. The first-order valence-electron chi connectivity index (χ1n) is 11.8. The van der Waals surface area contributed by atoms with Crippen molar-refractivity contribution < 1.29 is 19.4 Å². The quantitative estimate of drug-likeness (QED) is 0.298. The highest BCUT2D eigenvalue weighted by atomic mass is 19.1. The lowest BCUT2D eigenvalue weighted by Crippen LogP contribution is -2.53. The number of carbonyl (C=O) groups is 1. The van der Waals surface area contributed by atoms with Crippen LogP contribution in [0.2, 0.25) is 0 Å². The SMILES string of the molecule is CCN(CC)C1CCC(N(C(=N)C(=O)NCCF)C(=N)c2cc(C(C)C)c(O)cc2O)CC1. The van der Waals surface area contributed by atoms with Crippen molar-refractivity contribution in [1.82, 2.24) is 15.1 Å². The molecule has 1 aromatic rings. The molecule has 8 nitrogen and oxygen atoms in total. The molecule has 0 bridgehead atoms. The number of amidine groups is 2. The zero-order valence-electron chi connectivity index (χ0n) is 20.1. The third-order valence-electron chi connectivity index (χ3n) is 6.46. The lowest BCUT2D eigenvalue weighted by Gasteiger charge is -2.41. The summed E-state index contributed by atoms with van der Waals surface area (Å²) in [5.74, 6) is -1.80. The van der Waals surface area contributed by atoms with E-state index in [0.717, 1.165) is 25.9 Å². The average Bonchev–Trinajstić information content (AvgIpc) is 2.79. The first-order valence-corrected chi connectivity index (χ1v) is 11.8. The third kappa shape index (κ3) is 6.22. The molecule has 0 heterocycles. The maximum Gasteiger partial charge on any atom is 0.286 e. The molecule has 2 rings (SSSR count). The van der Waals surface area contributed by atoms with Crippen LogP contribution in [0.4, 0.5) is 4.39 Å². The Labute approximate surface area is 195 Å². The van der Waals surface area contributed by atoms with E-state index in [4.69, 9.17) is 10.8 Å². The van der Waals surface area contributed by atoms with Crippen LogP contribution < -0.4 is 5.32 Å². The van der Waals surface area contributed by atoms with Gasteiger partial charge in [0.2, 0.25) is 0 Å². The molecule has 0 unspecified atom stereocenters. The van der Waals surface area contributed by atoms with Crippen LogP contribution in [0, 0.1) is 10.8 Å². The molecule has 0 saturated heterocycles. The van der Waals surface area contributed by atoms with Gasteiger partial charge in [-0.05, 0) is 56.3 Å². The number of aromatic hydroxyl groups is 2. The molecule has 0 atom stereocenters. The van der Waals surface area contributed by atoms with Gasteiger partial charge in [0.15, 0.2) is 5.84 Å². The summed E-state index contributed by atoms with van der Waals surface area (Å²) in [5.41, 5.74) is 0.705. The van der Waals surface area contributed by atoms with E-state index in [0.29, 0.717) is 24.4 Å². The van der Waals surface area contributed by atoms with Crippen molar-refractivity contribution in [3.63, 3.8) is 0 Å². The van der Waals surface area contributed by atoms with Gasteiger partial charge in [0.05, 0.1) is 5.56 Å². The Morgan fingerprint density at radius 1 is 1.09 bits per heavy atom. The standard InChI is InChI=1S/C24H38FN5O3/c1-5-29(6-2)16-7-9-17(10-8-16)30(23(27)24(33)28-12-11-25)22(26)19-13-18(15(3)4)20(31)14-21(19)32/h13-17,26-27,31-32H,5-12H2,1-4H3,(H,28,33). The molecule has 0 aromatic heterocycles. The van der Waals surface area contributed by atoms with Gasteiger partial charge in [0.25, 0.3) is 5.91 Å². The average molecular weight is 464 g/mol. The minimum Gasteiger partial charge on any atom is -0.508 e. The van der Waals surface area contributed by atoms with Crippen LogP contribution in [0.3, 0.4) is 0 Å². The second-order valence-corrected chi connectivity index (χ2v) is 8.78. The van der Waals surface area contributed by atoms with Gasteiger partial charge in [0.1, 0.15) is 24.0 Å². The summed E-state index contributed by atoms with van der Waals surface area (Å²) in [5, 5.41) is 40.4. The molecule has 1 aliphatic carbocycles. The van der Waals surface area contributed by atoms with E-state index >= 15 is 0 Å². The van der Waals surface area contributed by atoms with Gasteiger partial charge in [-0.2, -0.15) is 0 Å². The van der Waals surface area contributed by atoms with Crippen molar-refractivity contribution in [2.24, 2.45) is 0 Å². The predicted octanol–water partition coefficient (Wildman–Crippen LogP) is 3.56. The number of hydrogen-bond donors (Lipinski definition) is 5. The number of benzene rings is 1. The smallest absolute Gasteiger partial charge is 0.286 e. The highest BCUT2D eigenvalue weighted by Crippen LogP contribution is 2.34. The number of nitrogens with zero attached hydrogens (tertiary/aromatic N) is 2. The second kappa shape index (κ2) is 12.0. The Balaban J connectivity index is 2.38. The molecule has 0 aliphatic heterocycles. The normalized spacial score (nSPS) is 18.4. The van der Waals surface area contributed by atoms with Gasteiger partial charge in [-0.1, -0.05) is 27.7 Å². The van der Waals surface area contributed by atoms with Crippen LogP contribution in [0.15, 0.2) is 12.1 Å². The van der Waals surface area contributed by atoms with Crippen LogP contribution in [-0.4, -0.2) is 76.0 Å². The van der Waals surface area contributed by atoms with E-state index in [1.807, 2.05) is 13.8 Å². The van der Waals surface area contributed by atoms with E-state index in [1.54, 1.807) is 6.07 Å². The van der Waals surface area contributed by atoms with Gasteiger partial charge in [-0.3, -0.25) is 15.6 Å². The molecular formula is C24H38FN5O3. The molecule has 184 valence electrons. The Bertz CT molecular complexity index is 849. The van der Waals surface area contributed by atoms with Crippen LogP contribution in [-0.2, 0) is 4.79 Å². The van der Waals surface area contributed by atoms with Crippen molar-refractivity contribution in [3.8, 4) is 11.5 Å². The van der Waals surface area contributed by atoms with Crippen molar-refractivity contribution in [3.05, 3.63) is 23.3 Å². The largest absolute Gasteiger partial charge is 0.508 e. The monoisotopic (exact) mass is 463 g/mol.